The van der Waals surface area contributed by atoms with Crippen molar-refractivity contribution in [2.75, 3.05) is 20.3 Å². The minimum atomic E-state index is -0.820. The molecular formula is C22H23N5O4S. The van der Waals surface area contributed by atoms with Gasteiger partial charge in [-0.05, 0) is 35.7 Å². The normalized spacial score (nSPS) is 12.0. The number of methoxy groups -OCH3 is 1. The molecule has 2 amide bonds. The number of amides is 2. The average molecular weight is 454 g/mol. The van der Waals surface area contributed by atoms with Crippen LogP contribution in [-0.4, -0.2) is 52.0 Å². The molecule has 0 aliphatic carbocycles. The number of hydrogen-bond acceptors (Lipinski definition) is 7. The predicted octanol–water partition coefficient (Wildman–Crippen LogP) is 2.62. The predicted molar refractivity (Wildman–Crippen MR) is 119 cm³/mol. The summed E-state index contributed by atoms with van der Waals surface area (Å²) in [6.45, 7) is 0.793. The third-order valence-corrected chi connectivity index (χ3v) is 5.83. The van der Waals surface area contributed by atoms with Gasteiger partial charge in [0.25, 0.3) is 0 Å². The molecule has 32 heavy (non-hydrogen) atoms. The van der Waals surface area contributed by atoms with Crippen molar-refractivity contribution in [1.29, 1.82) is 0 Å². The molecule has 10 heteroatoms. The summed E-state index contributed by atoms with van der Waals surface area (Å²) in [6, 6.07) is 13.8. The van der Waals surface area contributed by atoms with Gasteiger partial charge in [0.1, 0.15) is 23.9 Å². The van der Waals surface area contributed by atoms with E-state index in [1.807, 2.05) is 41.8 Å². The van der Waals surface area contributed by atoms with E-state index in [1.54, 1.807) is 30.2 Å². The molecule has 1 unspecified atom stereocenters. The number of nitrogens with one attached hydrogen (secondary N) is 1. The molecule has 9 nitrogen and oxygen atoms in total. The van der Waals surface area contributed by atoms with Crippen molar-refractivity contribution in [3.05, 3.63) is 70.8 Å². The minimum absolute atomic E-state index is 0.0611. The van der Waals surface area contributed by atoms with Gasteiger partial charge in [0.15, 0.2) is 0 Å². The van der Waals surface area contributed by atoms with Crippen LogP contribution in [0.2, 0.25) is 0 Å². The van der Waals surface area contributed by atoms with Gasteiger partial charge < -0.3 is 19.4 Å². The molecule has 4 rings (SSSR count). The van der Waals surface area contributed by atoms with E-state index in [0.29, 0.717) is 24.4 Å². The molecule has 1 atom stereocenters. The number of nitrogens with zero attached hydrogens (tertiary/aromatic N) is 4. The van der Waals surface area contributed by atoms with Crippen molar-refractivity contribution >= 4 is 34.2 Å². The van der Waals surface area contributed by atoms with Crippen LogP contribution >= 0.6 is 11.3 Å². The SMILES string of the molecule is COCCNC(=O)C(c1cccs1)N(Cc1ccco1)C(=O)Cn1nnc2ccccc21. The van der Waals surface area contributed by atoms with Crippen molar-refractivity contribution in [3.8, 4) is 0 Å². The van der Waals surface area contributed by atoms with Crippen molar-refractivity contribution in [2.45, 2.75) is 19.1 Å². The van der Waals surface area contributed by atoms with Gasteiger partial charge in [0.05, 0.1) is 24.9 Å². The van der Waals surface area contributed by atoms with Crippen molar-refractivity contribution in [1.82, 2.24) is 25.2 Å². The van der Waals surface area contributed by atoms with Gasteiger partial charge in [0, 0.05) is 18.5 Å². The first-order chi connectivity index (χ1) is 15.7. The number of fused-ring (bicyclic) bond motifs is 1. The maximum atomic E-state index is 13.5. The molecule has 0 radical (unpaired) electrons. The van der Waals surface area contributed by atoms with Crippen LogP contribution in [0, 0.1) is 0 Å². The quantitative estimate of drug-likeness (QED) is 0.370. The van der Waals surface area contributed by atoms with E-state index >= 15 is 0 Å². The van der Waals surface area contributed by atoms with Crippen molar-refractivity contribution in [2.24, 2.45) is 0 Å². The number of thiophene rings is 1. The molecule has 0 saturated heterocycles. The zero-order valence-corrected chi connectivity index (χ0v) is 18.3. The van der Waals surface area contributed by atoms with Crippen LogP contribution in [-0.2, 0) is 27.4 Å². The lowest BCUT2D eigenvalue weighted by molar-refractivity contribution is -0.142. The smallest absolute Gasteiger partial charge is 0.248 e. The van der Waals surface area contributed by atoms with Gasteiger partial charge in [-0.15, -0.1) is 16.4 Å². The van der Waals surface area contributed by atoms with Gasteiger partial charge in [-0.1, -0.05) is 23.4 Å². The van der Waals surface area contributed by atoms with E-state index < -0.39 is 6.04 Å². The summed E-state index contributed by atoms with van der Waals surface area (Å²) in [5.74, 6) is 0.0123. The minimum Gasteiger partial charge on any atom is -0.467 e. The molecule has 3 heterocycles. The Morgan fingerprint density at radius 1 is 1.22 bits per heavy atom. The Kier molecular flexibility index (Phi) is 6.93. The summed E-state index contributed by atoms with van der Waals surface area (Å²) in [7, 11) is 1.57. The largest absolute Gasteiger partial charge is 0.467 e. The van der Waals surface area contributed by atoms with Crippen LogP contribution in [0.1, 0.15) is 16.7 Å². The Balaban J connectivity index is 1.65. The molecule has 0 aliphatic heterocycles. The van der Waals surface area contributed by atoms with E-state index in [-0.39, 0.29) is 24.9 Å². The lowest BCUT2D eigenvalue weighted by Gasteiger charge is -2.30. The second-order valence-corrected chi connectivity index (χ2v) is 8.02. The highest BCUT2D eigenvalue weighted by atomic mass is 32.1. The highest BCUT2D eigenvalue weighted by molar-refractivity contribution is 7.10. The highest BCUT2D eigenvalue weighted by Crippen LogP contribution is 2.28. The molecule has 166 valence electrons. The number of ether oxygens (including phenoxy) is 1. The molecule has 0 spiro atoms. The monoisotopic (exact) mass is 453 g/mol. The molecule has 0 aliphatic rings. The number of benzene rings is 1. The Morgan fingerprint density at radius 3 is 2.84 bits per heavy atom. The lowest BCUT2D eigenvalue weighted by Crippen LogP contribution is -2.45. The van der Waals surface area contributed by atoms with E-state index in [1.165, 1.54) is 16.2 Å². The van der Waals surface area contributed by atoms with Gasteiger partial charge in [-0.3, -0.25) is 9.59 Å². The number of para-hydroxylation sites is 1. The Morgan fingerprint density at radius 2 is 2.09 bits per heavy atom. The van der Waals surface area contributed by atoms with Crippen LogP contribution in [0.4, 0.5) is 0 Å². The van der Waals surface area contributed by atoms with Gasteiger partial charge in [0.2, 0.25) is 11.8 Å². The Hall–Kier alpha value is -3.50. The third-order valence-electron chi connectivity index (χ3n) is 4.91. The first-order valence-corrected chi connectivity index (χ1v) is 11.0. The van der Waals surface area contributed by atoms with Gasteiger partial charge in [-0.25, -0.2) is 4.68 Å². The standard InChI is InChI=1S/C22H23N5O4S/c1-30-12-10-23-22(29)21(19-9-5-13-32-19)26(14-16-6-4-11-31-16)20(28)15-27-18-8-3-2-7-17(18)24-25-27/h2-9,11,13,21H,10,12,14-15H2,1H3,(H,23,29). The zero-order valence-electron chi connectivity index (χ0n) is 17.5. The number of rotatable bonds is 10. The molecule has 0 fully saturated rings. The fourth-order valence-corrected chi connectivity index (χ4v) is 4.23. The fourth-order valence-electron chi connectivity index (χ4n) is 3.39. The zero-order chi connectivity index (χ0) is 22.3. The van der Waals surface area contributed by atoms with E-state index in [4.69, 9.17) is 9.15 Å². The van der Waals surface area contributed by atoms with E-state index in [0.717, 1.165) is 10.4 Å². The fraction of sp³-hybridized carbons (Fsp3) is 0.273. The van der Waals surface area contributed by atoms with E-state index in [9.17, 15) is 9.59 Å². The van der Waals surface area contributed by atoms with E-state index in [2.05, 4.69) is 15.6 Å². The second kappa shape index (κ2) is 10.2. The topological polar surface area (TPSA) is 102 Å². The van der Waals surface area contributed by atoms with Gasteiger partial charge in [-0.2, -0.15) is 0 Å². The van der Waals surface area contributed by atoms with Gasteiger partial charge >= 0.3 is 0 Å². The molecule has 3 aromatic heterocycles. The van der Waals surface area contributed by atoms with Crippen molar-refractivity contribution < 1.29 is 18.7 Å². The summed E-state index contributed by atoms with van der Waals surface area (Å²) in [4.78, 5) is 29.0. The number of hydrogen-bond donors (Lipinski definition) is 1. The molecule has 1 N–H and O–H groups in total. The third kappa shape index (κ3) is 4.87. The highest BCUT2D eigenvalue weighted by Gasteiger charge is 2.33. The molecule has 0 bridgehead atoms. The van der Waals surface area contributed by atoms with Crippen LogP contribution in [0.3, 0.4) is 0 Å². The Labute approximate surface area is 188 Å². The number of carbonyl (C=O) groups excluding carboxylic acids is 2. The second-order valence-electron chi connectivity index (χ2n) is 7.04. The molecular weight excluding hydrogens is 430 g/mol. The summed E-state index contributed by atoms with van der Waals surface area (Å²) in [6.07, 6.45) is 1.54. The summed E-state index contributed by atoms with van der Waals surface area (Å²) >= 11 is 1.42. The molecule has 4 aromatic rings. The first-order valence-electron chi connectivity index (χ1n) is 10.1. The van der Waals surface area contributed by atoms with Crippen LogP contribution in [0.25, 0.3) is 11.0 Å². The summed E-state index contributed by atoms with van der Waals surface area (Å²) < 4.78 is 12.1. The summed E-state index contributed by atoms with van der Waals surface area (Å²) in [5.41, 5.74) is 1.45. The number of carbonyl (C=O) groups is 2. The number of furan rings is 1. The molecule has 1 aromatic carbocycles. The Bertz CT molecular complexity index is 1160. The molecule has 0 saturated carbocycles. The van der Waals surface area contributed by atoms with Crippen LogP contribution in [0.15, 0.2) is 64.6 Å². The maximum absolute atomic E-state index is 13.5. The van der Waals surface area contributed by atoms with Crippen LogP contribution < -0.4 is 5.32 Å². The lowest BCUT2D eigenvalue weighted by atomic mass is 10.1. The maximum Gasteiger partial charge on any atom is 0.248 e. The summed E-state index contributed by atoms with van der Waals surface area (Å²) in [5, 5.41) is 13.0. The van der Waals surface area contributed by atoms with Crippen molar-refractivity contribution in [3.63, 3.8) is 0 Å². The average Bonchev–Trinajstić information content (AvgIpc) is 3.57. The van der Waals surface area contributed by atoms with Crippen LogP contribution in [0.5, 0.6) is 0 Å². The first kappa shape index (κ1) is 21.7. The number of aromatic nitrogens is 3.